The smallest absolute Gasteiger partial charge is 0.374 e. The van der Waals surface area contributed by atoms with Crippen molar-refractivity contribution in [3.05, 3.63) is 76.5 Å². The predicted octanol–water partition coefficient (Wildman–Crippen LogP) is 4.08. The first-order chi connectivity index (χ1) is 26.9. The number of ether oxygens (including phenoxy) is 6. The first-order valence-electron chi connectivity index (χ1n) is 17.8. The minimum Gasteiger partial charge on any atom is -0.401 e. The first-order valence-corrected chi connectivity index (χ1v) is 21.1. The Hall–Kier alpha value is -3.53. The van der Waals surface area contributed by atoms with Crippen molar-refractivity contribution in [1.29, 1.82) is 0 Å². The van der Waals surface area contributed by atoms with Crippen molar-refractivity contribution in [1.82, 2.24) is 0 Å². The summed E-state index contributed by atoms with van der Waals surface area (Å²) >= 11 is 6.90. The monoisotopic (exact) mass is 842 g/mol. The summed E-state index contributed by atoms with van der Waals surface area (Å²) in [4.78, 5) is -0.568. The Morgan fingerprint density at radius 2 is 1.18 bits per heavy atom. The Labute approximate surface area is 330 Å². The summed E-state index contributed by atoms with van der Waals surface area (Å²) in [6.07, 6.45) is 7.18. The zero-order chi connectivity index (χ0) is 40.1. The molecule has 0 saturated carbocycles. The lowest BCUT2D eigenvalue weighted by Crippen LogP contribution is -2.39. The fraction of sp³-hybridized carbons (Fsp3) is 0.459. The molecule has 16 nitrogen and oxygen atoms in total. The molecule has 2 heterocycles. The zero-order valence-electron chi connectivity index (χ0n) is 31.2. The zero-order valence-corrected chi connectivity index (χ0v) is 33.6. The maximum absolute atomic E-state index is 11.8. The highest BCUT2D eigenvalue weighted by atomic mass is 35.5. The van der Waals surface area contributed by atoms with Gasteiger partial charge in [0.2, 0.25) is 11.2 Å². The van der Waals surface area contributed by atoms with E-state index in [2.05, 4.69) is 0 Å². The van der Waals surface area contributed by atoms with Gasteiger partial charge in [-0.25, -0.2) is 0 Å². The average Bonchev–Trinajstić information content (AvgIpc) is 3.82. The summed E-state index contributed by atoms with van der Waals surface area (Å²) in [7, 11) is -5.69. The minimum absolute atomic E-state index is 0.262. The van der Waals surface area contributed by atoms with E-state index in [1.54, 1.807) is 32.4 Å². The van der Waals surface area contributed by atoms with Crippen LogP contribution in [0.25, 0.3) is 28.3 Å². The third-order valence-electron chi connectivity index (χ3n) is 8.75. The molecule has 19 heteroatoms. The molecule has 0 saturated heterocycles. The second-order valence-electron chi connectivity index (χ2n) is 12.5. The van der Waals surface area contributed by atoms with Gasteiger partial charge in [-0.05, 0) is 42.2 Å². The number of halogens is 1. The van der Waals surface area contributed by atoms with E-state index in [1.807, 2.05) is 21.3 Å². The molecule has 1 aliphatic rings. The molecule has 2 aromatic carbocycles. The van der Waals surface area contributed by atoms with Gasteiger partial charge in [0, 0.05) is 43.5 Å². The van der Waals surface area contributed by atoms with Gasteiger partial charge in [-0.1, -0.05) is 17.7 Å². The number of aromatic nitrogens is 2. The van der Waals surface area contributed by atoms with Gasteiger partial charge >= 0.3 is 11.8 Å². The Bertz CT molecular complexity index is 2260. The number of hydrogen-bond donors (Lipinski definition) is 2. The average molecular weight is 843 g/mol. The van der Waals surface area contributed by atoms with Crippen LogP contribution in [0.3, 0.4) is 0 Å². The Balaban J connectivity index is 1.33. The number of nitrogens with zero attached hydrogens (tertiary/aromatic N) is 2. The van der Waals surface area contributed by atoms with Crippen LogP contribution >= 0.6 is 11.6 Å². The molecule has 0 aliphatic heterocycles. The quantitative estimate of drug-likeness (QED) is 0.0582. The van der Waals surface area contributed by atoms with E-state index in [1.165, 1.54) is 24.3 Å². The maximum Gasteiger partial charge on any atom is 0.374 e. The summed E-state index contributed by atoms with van der Waals surface area (Å²) in [6.45, 7) is 4.90. The molecule has 0 atom stereocenters. The van der Waals surface area contributed by atoms with Crippen LogP contribution in [0.15, 0.2) is 83.4 Å². The topological polar surface area (TPSA) is 198 Å². The molecule has 0 fully saturated rings. The third-order valence-corrected chi connectivity index (χ3v) is 10.9. The number of benzene rings is 2. The number of fused-ring (bicyclic) bond motifs is 2. The van der Waals surface area contributed by atoms with E-state index >= 15 is 0 Å². The van der Waals surface area contributed by atoms with Crippen LogP contribution in [0.4, 0.5) is 0 Å². The van der Waals surface area contributed by atoms with E-state index in [0.29, 0.717) is 126 Å². The summed E-state index contributed by atoms with van der Waals surface area (Å²) in [6, 6.07) is 8.32. The lowest BCUT2D eigenvalue weighted by Gasteiger charge is -2.04. The van der Waals surface area contributed by atoms with E-state index in [4.69, 9.17) is 48.9 Å². The van der Waals surface area contributed by atoms with Gasteiger partial charge in [-0.15, -0.1) is 0 Å². The van der Waals surface area contributed by atoms with E-state index in [-0.39, 0.29) is 21.0 Å². The Morgan fingerprint density at radius 1 is 0.679 bits per heavy atom. The highest BCUT2D eigenvalue weighted by molar-refractivity contribution is 7.86. The normalized spacial score (nSPS) is 14.8. The van der Waals surface area contributed by atoms with E-state index in [9.17, 15) is 25.9 Å². The standard InChI is InChI=1S/C37H45ClN2O14S2/c1-47-17-19-51-23-21-49-15-13-39-31-9-7-29(55(41,42)43)25-33(31)53-35(39)11-5-27-3-4-28(37(27)38)6-12-36-40(14-16-50-22-24-52-20-18-48-2)32-10-8-30(56(44,45)46)26-34(32)54-36/h5-11,25-26H,3-4,12-24H2,1-2H3/p+2/b11-5+,28-6+. The molecule has 0 spiro atoms. The molecule has 0 amide bonds. The predicted molar refractivity (Wildman–Crippen MR) is 202 cm³/mol. The SMILES string of the molecule is COCCOCCOCC[n+]1c(/C=C/C2=C(Cl)C(=C/Cc3oc4cc(S(=O)(=O)O)ccc4[n+]3CCOCCOCCOC)/CC2)oc2cc(S(=O)(=O)O)ccc21. The van der Waals surface area contributed by atoms with Crippen molar-refractivity contribution in [2.45, 2.75) is 42.1 Å². The lowest BCUT2D eigenvalue weighted by atomic mass is 10.2. The molecule has 1 aliphatic carbocycles. The highest BCUT2D eigenvalue weighted by Gasteiger charge is 2.27. The van der Waals surface area contributed by atoms with Crippen LogP contribution < -0.4 is 9.13 Å². The molecule has 4 aromatic rings. The van der Waals surface area contributed by atoms with Gasteiger partial charge in [0.15, 0.2) is 13.1 Å². The van der Waals surface area contributed by atoms with Gasteiger partial charge in [-0.2, -0.15) is 26.0 Å². The van der Waals surface area contributed by atoms with Gasteiger partial charge < -0.3 is 37.3 Å². The van der Waals surface area contributed by atoms with Crippen LogP contribution in [0.5, 0.6) is 0 Å². The second-order valence-corrected chi connectivity index (χ2v) is 15.7. The van der Waals surface area contributed by atoms with E-state index < -0.39 is 20.2 Å². The van der Waals surface area contributed by atoms with Crippen LogP contribution in [0.2, 0.25) is 0 Å². The van der Waals surface area contributed by atoms with E-state index in [0.717, 1.165) is 11.1 Å². The van der Waals surface area contributed by atoms with Crippen molar-refractivity contribution in [3.63, 3.8) is 0 Å². The summed E-state index contributed by atoms with van der Waals surface area (Å²) in [5.74, 6) is 0.947. The van der Waals surface area contributed by atoms with Crippen LogP contribution in [-0.2, 0) is 68.2 Å². The van der Waals surface area contributed by atoms with Gasteiger partial charge in [0.1, 0.15) is 13.2 Å². The Morgan fingerprint density at radius 3 is 1.73 bits per heavy atom. The molecule has 5 rings (SSSR count). The van der Waals surface area contributed by atoms with Crippen molar-refractivity contribution in [2.24, 2.45) is 0 Å². The summed E-state index contributed by atoms with van der Waals surface area (Å²) < 4.78 is 115. The molecular formula is C37H47ClN2O14S2+2. The van der Waals surface area contributed by atoms with Crippen LogP contribution in [0.1, 0.15) is 24.6 Å². The lowest BCUT2D eigenvalue weighted by molar-refractivity contribution is -0.685. The molecule has 2 aromatic heterocycles. The number of rotatable bonds is 24. The van der Waals surface area contributed by atoms with Crippen molar-refractivity contribution < 1.29 is 72.3 Å². The number of allylic oxidation sites excluding steroid dienone is 5. The molecular weight excluding hydrogens is 796 g/mol. The van der Waals surface area contributed by atoms with Crippen molar-refractivity contribution in [2.75, 3.05) is 80.3 Å². The highest BCUT2D eigenvalue weighted by Crippen LogP contribution is 2.35. The fourth-order valence-electron chi connectivity index (χ4n) is 5.94. The van der Waals surface area contributed by atoms with Crippen molar-refractivity contribution in [3.8, 4) is 0 Å². The molecule has 0 unspecified atom stereocenters. The van der Waals surface area contributed by atoms with Gasteiger partial charge in [-0.3, -0.25) is 9.11 Å². The van der Waals surface area contributed by atoms with Crippen molar-refractivity contribution >= 4 is 60.1 Å². The van der Waals surface area contributed by atoms with Crippen LogP contribution in [0, 0.1) is 0 Å². The third kappa shape index (κ3) is 12.0. The van der Waals surface area contributed by atoms with Crippen LogP contribution in [-0.4, -0.2) is 106 Å². The minimum atomic E-state index is -4.45. The first kappa shape index (κ1) is 43.6. The largest absolute Gasteiger partial charge is 0.401 e. The Kier molecular flexibility index (Phi) is 16.2. The number of hydrogen-bond acceptors (Lipinski definition) is 12. The molecule has 56 heavy (non-hydrogen) atoms. The summed E-state index contributed by atoms with van der Waals surface area (Å²) in [5, 5.41) is 0.558. The second kappa shape index (κ2) is 20.8. The molecule has 0 radical (unpaired) electrons. The van der Waals surface area contributed by atoms with Gasteiger partial charge in [0.25, 0.3) is 31.3 Å². The number of oxazole rings is 2. The molecule has 306 valence electrons. The maximum atomic E-state index is 11.8. The summed E-state index contributed by atoms with van der Waals surface area (Å²) in [5.41, 5.74) is 3.52. The number of methoxy groups -OCH3 is 2. The molecule has 2 N–H and O–H groups in total. The fourth-order valence-corrected chi connectivity index (χ4v) is 7.26. The van der Waals surface area contributed by atoms with Gasteiger partial charge in [0.05, 0.1) is 75.1 Å². The molecule has 0 bridgehead atoms.